The van der Waals surface area contributed by atoms with Crippen molar-refractivity contribution < 1.29 is 17.6 Å². The summed E-state index contributed by atoms with van der Waals surface area (Å²) >= 11 is 0. The quantitative estimate of drug-likeness (QED) is 0.311. The Morgan fingerprint density at radius 3 is 1.97 bits per heavy atom. The molecule has 4 aromatic carbocycles. The Morgan fingerprint density at radius 2 is 1.28 bits per heavy atom. The molecule has 1 aromatic heterocycles. The van der Waals surface area contributed by atoms with Crippen LogP contribution >= 0.6 is 0 Å². The van der Waals surface area contributed by atoms with Crippen molar-refractivity contribution in [3.05, 3.63) is 108 Å². The van der Waals surface area contributed by atoms with Gasteiger partial charge in [0.25, 0.3) is 0 Å². The summed E-state index contributed by atoms with van der Waals surface area (Å²) in [6, 6.07) is 27.7. The molecule has 0 saturated carbocycles. The maximum Gasteiger partial charge on any atom is 0.416 e. The Hall–Kier alpha value is -3.57. The Kier molecular flexibility index (Phi) is 5.19. The molecule has 1 N–H and O–H groups in total. The number of para-hydroxylation sites is 2. The number of fused-ring (bicyclic) bond motifs is 3. The van der Waals surface area contributed by atoms with Crippen molar-refractivity contribution in [2.75, 3.05) is 0 Å². The van der Waals surface area contributed by atoms with Gasteiger partial charge in [0.1, 0.15) is 11.2 Å². The lowest BCUT2D eigenvalue weighted by Gasteiger charge is -2.09. The van der Waals surface area contributed by atoms with Gasteiger partial charge in [-0.05, 0) is 34.9 Å². The highest BCUT2D eigenvalue weighted by Gasteiger charge is 2.29. The van der Waals surface area contributed by atoms with Crippen LogP contribution in [-0.2, 0) is 19.3 Å². The van der Waals surface area contributed by atoms with Gasteiger partial charge in [0.05, 0.1) is 5.56 Å². The molecule has 0 radical (unpaired) electrons. The molecule has 5 rings (SSSR count). The van der Waals surface area contributed by atoms with E-state index in [2.05, 4.69) is 47.8 Å². The van der Waals surface area contributed by atoms with Crippen molar-refractivity contribution >= 4 is 21.9 Å². The van der Waals surface area contributed by atoms with Gasteiger partial charge in [-0.15, -0.1) is 0 Å². The van der Waals surface area contributed by atoms with E-state index < -0.39 is 11.7 Å². The van der Waals surface area contributed by atoms with E-state index in [9.17, 15) is 13.2 Å². The summed E-state index contributed by atoms with van der Waals surface area (Å²) in [6.07, 6.45) is -4.31. The van der Waals surface area contributed by atoms with Gasteiger partial charge < -0.3 is 9.73 Å². The van der Waals surface area contributed by atoms with Gasteiger partial charge in [-0.2, -0.15) is 13.2 Å². The van der Waals surface area contributed by atoms with Gasteiger partial charge >= 0.3 is 6.18 Å². The van der Waals surface area contributed by atoms with Crippen molar-refractivity contribution in [2.24, 2.45) is 0 Å². The zero-order valence-corrected chi connectivity index (χ0v) is 17.1. The van der Waals surface area contributed by atoms with Crippen molar-refractivity contribution in [1.29, 1.82) is 0 Å². The minimum atomic E-state index is -4.31. The van der Waals surface area contributed by atoms with Crippen LogP contribution in [0.1, 0.15) is 16.7 Å². The molecule has 0 spiro atoms. The lowest BCUT2D eigenvalue weighted by Crippen LogP contribution is -2.13. The predicted octanol–water partition coefficient (Wildman–Crippen LogP) is 7.56. The van der Waals surface area contributed by atoms with Crippen molar-refractivity contribution in [1.82, 2.24) is 5.32 Å². The molecule has 0 atom stereocenters. The van der Waals surface area contributed by atoms with Gasteiger partial charge in [0.15, 0.2) is 0 Å². The molecular formula is C27H20F3NO. The summed E-state index contributed by atoms with van der Waals surface area (Å²) in [7, 11) is 0. The molecule has 32 heavy (non-hydrogen) atoms. The minimum Gasteiger partial charge on any atom is -0.455 e. The lowest BCUT2D eigenvalue weighted by molar-refractivity contribution is -0.137. The topological polar surface area (TPSA) is 25.2 Å². The zero-order chi connectivity index (χ0) is 22.1. The summed E-state index contributed by atoms with van der Waals surface area (Å²) < 4.78 is 44.1. The first-order valence-corrected chi connectivity index (χ1v) is 10.4. The fourth-order valence-corrected chi connectivity index (χ4v) is 3.94. The van der Waals surface area contributed by atoms with Gasteiger partial charge in [-0.1, -0.05) is 72.8 Å². The normalized spacial score (nSPS) is 12.0. The largest absolute Gasteiger partial charge is 0.455 e. The number of furan rings is 1. The van der Waals surface area contributed by atoms with Crippen LogP contribution in [-0.4, -0.2) is 0 Å². The Balaban J connectivity index is 1.29. The Bertz CT molecular complexity index is 1370. The molecule has 160 valence electrons. The first-order chi connectivity index (χ1) is 15.5. The molecule has 0 amide bonds. The third kappa shape index (κ3) is 3.99. The lowest BCUT2D eigenvalue weighted by atomic mass is 10.0. The van der Waals surface area contributed by atoms with E-state index in [-0.39, 0.29) is 0 Å². The van der Waals surface area contributed by atoms with Gasteiger partial charge in [-0.3, -0.25) is 0 Å². The van der Waals surface area contributed by atoms with Crippen molar-refractivity contribution in [2.45, 2.75) is 19.3 Å². The molecule has 5 aromatic rings. The van der Waals surface area contributed by atoms with Crippen LogP contribution in [0.3, 0.4) is 0 Å². The van der Waals surface area contributed by atoms with E-state index >= 15 is 0 Å². The first-order valence-electron chi connectivity index (χ1n) is 10.4. The van der Waals surface area contributed by atoms with Crippen LogP contribution < -0.4 is 5.32 Å². The van der Waals surface area contributed by atoms with Gasteiger partial charge in [0, 0.05) is 29.4 Å². The standard InChI is InChI=1S/C27H20F3NO/c28-27(29,30)21-14-10-19(11-15-21)17-31-16-18-8-12-20(13-9-18)22-5-3-6-24-23-4-1-2-7-25(23)32-26(22)24/h1-15,31H,16-17H2. The molecule has 0 aliphatic heterocycles. The molecule has 0 saturated heterocycles. The smallest absolute Gasteiger partial charge is 0.416 e. The van der Waals surface area contributed by atoms with Gasteiger partial charge in [-0.25, -0.2) is 0 Å². The summed E-state index contributed by atoms with van der Waals surface area (Å²) in [5.74, 6) is 0. The second kappa shape index (κ2) is 8.17. The fraction of sp³-hybridized carbons (Fsp3) is 0.111. The number of benzene rings is 4. The number of rotatable bonds is 5. The van der Waals surface area contributed by atoms with Crippen LogP contribution in [0.5, 0.6) is 0 Å². The summed E-state index contributed by atoms with van der Waals surface area (Å²) in [5.41, 5.74) is 5.14. The van der Waals surface area contributed by atoms with Gasteiger partial charge in [0.2, 0.25) is 0 Å². The Labute approximate surface area is 183 Å². The molecule has 0 aliphatic carbocycles. The third-order valence-corrected chi connectivity index (χ3v) is 5.61. The average molecular weight is 431 g/mol. The van der Waals surface area contributed by atoms with E-state index in [1.807, 2.05) is 24.3 Å². The van der Waals surface area contributed by atoms with Crippen LogP contribution in [0.25, 0.3) is 33.1 Å². The summed E-state index contributed by atoms with van der Waals surface area (Å²) in [6.45, 7) is 1.12. The van der Waals surface area contributed by atoms with Crippen LogP contribution in [0.2, 0.25) is 0 Å². The number of halogens is 3. The number of alkyl halides is 3. The molecule has 1 heterocycles. The molecular weight excluding hydrogens is 411 g/mol. The summed E-state index contributed by atoms with van der Waals surface area (Å²) in [5, 5.41) is 5.49. The molecule has 0 aliphatic rings. The van der Waals surface area contributed by atoms with E-state index in [4.69, 9.17) is 4.42 Å². The highest BCUT2D eigenvalue weighted by molar-refractivity contribution is 6.09. The second-order valence-corrected chi connectivity index (χ2v) is 7.78. The van der Waals surface area contributed by atoms with Crippen molar-refractivity contribution in [3.63, 3.8) is 0 Å². The maximum atomic E-state index is 12.7. The number of nitrogens with one attached hydrogen (secondary N) is 1. The summed E-state index contributed by atoms with van der Waals surface area (Å²) in [4.78, 5) is 0. The van der Waals surface area contributed by atoms with E-state index in [1.54, 1.807) is 0 Å². The molecule has 2 nitrogen and oxygen atoms in total. The van der Waals surface area contributed by atoms with E-state index in [1.165, 1.54) is 12.1 Å². The van der Waals surface area contributed by atoms with E-state index in [0.717, 1.165) is 56.3 Å². The minimum absolute atomic E-state index is 0.498. The number of hydrogen-bond donors (Lipinski definition) is 1. The molecule has 0 unspecified atom stereocenters. The zero-order valence-electron chi connectivity index (χ0n) is 17.1. The van der Waals surface area contributed by atoms with E-state index in [0.29, 0.717) is 13.1 Å². The fourth-order valence-electron chi connectivity index (χ4n) is 3.94. The number of hydrogen-bond acceptors (Lipinski definition) is 2. The highest BCUT2D eigenvalue weighted by atomic mass is 19.4. The molecule has 0 fully saturated rings. The van der Waals surface area contributed by atoms with Crippen molar-refractivity contribution in [3.8, 4) is 11.1 Å². The molecule has 0 bridgehead atoms. The Morgan fingerprint density at radius 1 is 0.656 bits per heavy atom. The average Bonchev–Trinajstić information content (AvgIpc) is 3.18. The van der Waals surface area contributed by atoms with Crippen LogP contribution in [0, 0.1) is 0 Å². The third-order valence-electron chi connectivity index (χ3n) is 5.61. The predicted molar refractivity (Wildman–Crippen MR) is 121 cm³/mol. The highest BCUT2D eigenvalue weighted by Crippen LogP contribution is 2.35. The molecule has 5 heteroatoms. The second-order valence-electron chi connectivity index (χ2n) is 7.78. The van der Waals surface area contributed by atoms with Crippen LogP contribution in [0.4, 0.5) is 13.2 Å². The monoisotopic (exact) mass is 431 g/mol. The first kappa shape index (κ1) is 20.3. The SMILES string of the molecule is FC(F)(F)c1ccc(CNCc2ccc(-c3cccc4c3oc3ccccc34)cc2)cc1. The van der Waals surface area contributed by atoms with Crippen LogP contribution in [0.15, 0.2) is 95.4 Å². The maximum absolute atomic E-state index is 12.7.